The molecule has 0 fully saturated rings. The molecule has 2 aromatic carbocycles. The molecule has 0 bridgehead atoms. The van der Waals surface area contributed by atoms with E-state index in [1.165, 1.54) is 17.0 Å². The number of rotatable bonds is 5. The van der Waals surface area contributed by atoms with Crippen molar-refractivity contribution in [2.24, 2.45) is 0 Å². The molecule has 2 rings (SSSR count). The van der Waals surface area contributed by atoms with E-state index in [1.807, 2.05) is 44.4 Å². The van der Waals surface area contributed by atoms with Gasteiger partial charge in [0.1, 0.15) is 6.04 Å². The fourth-order valence-corrected chi connectivity index (χ4v) is 2.82. The number of phenolic OH excluding ortho intramolecular Hbond substituents is 1. The Balaban J connectivity index is 2.11. The van der Waals surface area contributed by atoms with E-state index >= 15 is 0 Å². The Kier molecular flexibility index (Phi) is 5.88. The van der Waals surface area contributed by atoms with Gasteiger partial charge in [0.25, 0.3) is 5.91 Å². The third kappa shape index (κ3) is 4.38. The summed E-state index contributed by atoms with van der Waals surface area (Å²) in [6.45, 7) is 0.474. The summed E-state index contributed by atoms with van der Waals surface area (Å²) in [5.41, 5.74) is 1.47. The molecule has 0 aliphatic carbocycles. The normalized spacial score (nSPS) is 12.2. The van der Waals surface area contributed by atoms with Gasteiger partial charge in [-0.3, -0.25) is 4.79 Å². The summed E-state index contributed by atoms with van der Waals surface area (Å²) in [4.78, 5) is 13.5. The van der Waals surface area contributed by atoms with Crippen molar-refractivity contribution in [3.63, 3.8) is 0 Å². The lowest BCUT2D eigenvalue weighted by Gasteiger charge is -2.22. The average Bonchev–Trinajstić information content (AvgIpc) is 2.52. The molecule has 3 N–H and O–H groups in total. The number of likely N-dealkylation sites (N-methyl/N-ethyl adjacent to an activating group) is 1. The molecule has 0 aliphatic heterocycles. The summed E-state index contributed by atoms with van der Waals surface area (Å²) in [6.07, 6.45) is 0. The van der Waals surface area contributed by atoms with Gasteiger partial charge >= 0.3 is 0 Å². The Morgan fingerprint density at radius 1 is 1.17 bits per heavy atom. The van der Waals surface area contributed by atoms with Crippen LogP contribution >= 0.6 is 23.2 Å². The minimum Gasteiger partial charge on any atom is -0.505 e. The van der Waals surface area contributed by atoms with Gasteiger partial charge in [-0.25, -0.2) is 0 Å². The zero-order chi connectivity index (χ0) is 17.0. The molecule has 0 unspecified atom stereocenters. The number of carbonyl (C=O) groups is 1. The van der Waals surface area contributed by atoms with Gasteiger partial charge in [-0.2, -0.15) is 0 Å². The van der Waals surface area contributed by atoms with Gasteiger partial charge in [0.05, 0.1) is 30.7 Å². The summed E-state index contributed by atoms with van der Waals surface area (Å²) in [6, 6.07) is 12.9. The number of carbonyl (C=O) groups excluding carboxylic acids is 1. The van der Waals surface area contributed by atoms with Crippen molar-refractivity contribution in [1.82, 2.24) is 5.32 Å². The standard InChI is InChI=1S/C17H18Cl2N2O2/c1-21(2)15(11-6-4-3-5-7-11)10-20-17(23)12-8-13(18)16(22)14(19)9-12/h3-9,15,22H,10H2,1-2H3,(H,20,23)/p+1/t15-/m1/s1. The van der Waals surface area contributed by atoms with Gasteiger partial charge in [0.15, 0.2) is 5.75 Å². The van der Waals surface area contributed by atoms with Gasteiger partial charge in [-0.1, -0.05) is 53.5 Å². The lowest BCUT2D eigenvalue weighted by atomic mass is 10.1. The fourth-order valence-electron chi connectivity index (χ4n) is 2.33. The zero-order valence-corrected chi connectivity index (χ0v) is 14.4. The van der Waals surface area contributed by atoms with Crippen LogP contribution in [0.15, 0.2) is 42.5 Å². The van der Waals surface area contributed by atoms with Crippen molar-refractivity contribution in [2.75, 3.05) is 20.6 Å². The number of benzene rings is 2. The lowest BCUT2D eigenvalue weighted by molar-refractivity contribution is -0.890. The van der Waals surface area contributed by atoms with E-state index in [4.69, 9.17) is 23.2 Å². The minimum absolute atomic E-state index is 0.0560. The van der Waals surface area contributed by atoms with E-state index in [-0.39, 0.29) is 27.7 Å². The molecule has 1 atom stereocenters. The highest BCUT2D eigenvalue weighted by Gasteiger charge is 2.19. The maximum absolute atomic E-state index is 12.3. The Labute approximate surface area is 145 Å². The van der Waals surface area contributed by atoms with Crippen LogP contribution in [0.3, 0.4) is 0 Å². The Hall–Kier alpha value is -1.75. The molecule has 1 amide bonds. The Bertz CT molecular complexity index is 667. The summed E-state index contributed by atoms with van der Waals surface area (Å²) < 4.78 is 0. The predicted molar refractivity (Wildman–Crippen MR) is 92.5 cm³/mol. The van der Waals surface area contributed by atoms with E-state index in [1.54, 1.807) is 0 Å². The smallest absolute Gasteiger partial charge is 0.251 e. The van der Waals surface area contributed by atoms with E-state index < -0.39 is 0 Å². The van der Waals surface area contributed by atoms with Crippen molar-refractivity contribution in [2.45, 2.75) is 6.04 Å². The summed E-state index contributed by atoms with van der Waals surface area (Å²) in [7, 11) is 4.08. The summed E-state index contributed by atoms with van der Waals surface area (Å²) in [5.74, 6) is -0.499. The van der Waals surface area contributed by atoms with Crippen LogP contribution in [0.25, 0.3) is 0 Å². The highest BCUT2D eigenvalue weighted by Crippen LogP contribution is 2.32. The predicted octanol–water partition coefficient (Wildman–Crippen LogP) is 2.31. The average molecular weight is 354 g/mol. The van der Waals surface area contributed by atoms with Crippen molar-refractivity contribution in [1.29, 1.82) is 0 Å². The highest BCUT2D eigenvalue weighted by molar-refractivity contribution is 6.37. The van der Waals surface area contributed by atoms with E-state index in [9.17, 15) is 9.90 Å². The number of aromatic hydroxyl groups is 1. The van der Waals surface area contributed by atoms with E-state index in [2.05, 4.69) is 5.32 Å². The molecule has 122 valence electrons. The zero-order valence-electron chi connectivity index (χ0n) is 12.9. The largest absolute Gasteiger partial charge is 0.505 e. The molecule has 0 saturated heterocycles. The molecule has 0 aromatic heterocycles. The molecule has 6 heteroatoms. The third-order valence-corrected chi connectivity index (χ3v) is 4.22. The number of quaternary nitrogens is 1. The maximum Gasteiger partial charge on any atom is 0.251 e. The van der Waals surface area contributed by atoms with Crippen molar-refractivity contribution >= 4 is 29.1 Å². The monoisotopic (exact) mass is 353 g/mol. The van der Waals surface area contributed by atoms with Crippen LogP contribution in [0.4, 0.5) is 0 Å². The Morgan fingerprint density at radius 3 is 2.26 bits per heavy atom. The van der Waals surface area contributed by atoms with Gasteiger partial charge < -0.3 is 15.3 Å². The second-order valence-electron chi connectivity index (χ2n) is 5.54. The van der Waals surface area contributed by atoms with Gasteiger partial charge in [0.2, 0.25) is 0 Å². The van der Waals surface area contributed by atoms with Crippen LogP contribution in [0, 0.1) is 0 Å². The molecule has 4 nitrogen and oxygen atoms in total. The molecule has 0 radical (unpaired) electrons. The maximum atomic E-state index is 12.3. The molecule has 0 heterocycles. The minimum atomic E-state index is -0.281. The highest BCUT2D eigenvalue weighted by atomic mass is 35.5. The quantitative estimate of drug-likeness (QED) is 0.772. The van der Waals surface area contributed by atoms with Crippen LogP contribution in [0.1, 0.15) is 22.0 Å². The molecular weight excluding hydrogens is 335 g/mol. The molecule has 2 aromatic rings. The lowest BCUT2D eigenvalue weighted by Crippen LogP contribution is -3.07. The van der Waals surface area contributed by atoms with Crippen molar-refractivity contribution in [3.05, 3.63) is 63.6 Å². The molecular formula is C17H19Cl2N2O2+. The Morgan fingerprint density at radius 2 is 1.74 bits per heavy atom. The van der Waals surface area contributed by atoms with Gasteiger partial charge in [0, 0.05) is 11.1 Å². The van der Waals surface area contributed by atoms with Gasteiger partial charge in [-0.05, 0) is 12.1 Å². The van der Waals surface area contributed by atoms with Crippen LogP contribution in [-0.4, -0.2) is 31.7 Å². The number of nitrogens with one attached hydrogen (secondary N) is 2. The molecule has 0 aliphatic rings. The van der Waals surface area contributed by atoms with Crippen LogP contribution in [0.2, 0.25) is 10.0 Å². The molecule has 0 saturated carbocycles. The topological polar surface area (TPSA) is 53.8 Å². The van der Waals surface area contributed by atoms with Gasteiger partial charge in [-0.15, -0.1) is 0 Å². The first-order valence-corrected chi connectivity index (χ1v) is 7.97. The SMILES string of the molecule is C[NH+](C)[C@H](CNC(=O)c1cc(Cl)c(O)c(Cl)c1)c1ccccc1. The molecule has 0 spiro atoms. The first-order chi connectivity index (χ1) is 10.9. The second kappa shape index (κ2) is 7.68. The first kappa shape index (κ1) is 17.6. The fraction of sp³-hybridized carbons (Fsp3) is 0.235. The second-order valence-corrected chi connectivity index (χ2v) is 6.35. The van der Waals surface area contributed by atoms with Crippen LogP contribution in [-0.2, 0) is 0 Å². The van der Waals surface area contributed by atoms with E-state index in [0.717, 1.165) is 5.56 Å². The number of phenols is 1. The van der Waals surface area contributed by atoms with Crippen LogP contribution < -0.4 is 10.2 Å². The number of halogens is 2. The summed E-state index contributed by atoms with van der Waals surface area (Å²) >= 11 is 11.7. The van der Waals surface area contributed by atoms with Crippen molar-refractivity contribution in [3.8, 4) is 5.75 Å². The first-order valence-electron chi connectivity index (χ1n) is 7.21. The number of amides is 1. The summed E-state index contributed by atoms with van der Waals surface area (Å²) in [5, 5.41) is 12.6. The molecule has 23 heavy (non-hydrogen) atoms. The van der Waals surface area contributed by atoms with E-state index in [0.29, 0.717) is 12.1 Å². The van der Waals surface area contributed by atoms with Crippen LogP contribution in [0.5, 0.6) is 5.75 Å². The number of hydrogen-bond acceptors (Lipinski definition) is 2. The van der Waals surface area contributed by atoms with Crippen molar-refractivity contribution < 1.29 is 14.8 Å². The number of hydrogen-bond donors (Lipinski definition) is 3. The third-order valence-electron chi connectivity index (χ3n) is 3.64.